The zero-order valence-corrected chi connectivity index (χ0v) is 9.85. The Labute approximate surface area is 79.5 Å². The molecule has 70 valence electrons. The smallest absolute Gasteiger partial charge is 0.0385 e. The lowest BCUT2D eigenvalue weighted by Crippen LogP contribution is -1.99. The molecule has 12 heavy (non-hydrogen) atoms. The first-order chi connectivity index (χ1) is 5.66. The third-order valence-corrected chi connectivity index (χ3v) is 2.52. The Morgan fingerprint density at radius 1 is 1.42 bits per heavy atom. The molecule has 0 unspecified atom stereocenters. The van der Waals surface area contributed by atoms with Crippen LogP contribution in [-0.4, -0.2) is 21.8 Å². The van der Waals surface area contributed by atoms with Crippen LogP contribution >= 0.6 is 0 Å². The van der Waals surface area contributed by atoms with Crippen LogP contribution in [0, 0.1) is 5.92 Å². The highest BCUT2D eigenvalue weighted by Crippen LogP contribution is 2.01. The largest absolute Gasteiger partial charge is 0.294 e. The number of hydrogen-bond donors (Lipinski definition) is 0. The lowest BCUT2D eigenvalue weighted by molar-refractivity contribution is 0.679. The summed E-state index contributed by atoms with van der Waals surface area (Å²) in [6.07, 6.45) is 2.43. The second-order valence-corrected chi connectivity index (χ2v) is 4.88. The van der Waals surface area contributed by atoms with Crippen molar-refractivity contribution in [3.8, 4) is 0 Å². The van der Waals surface area contributed by atoms with Crippen LogP contribution in [0.4, 0.5) is 0 Å². The van der Waals surface area contributed by atoms with Crippen LogP contribution in [0.25, 0.3) is 0 Å². The molecule has 2 heteroatoms. The first-order valence-corrected chi connectivity index (χ1v) is 6.52. The van der Waals surface area contributed by atoms with E-state index in [0.717, 1.165) is 28.4 Å². The molecule has 0 saturated carbocycles. The maximum absolute atomic E-state index is 4.52. The molecule has 0 aliphatic heterocycles. The topological polar surface area (TPSA) is 12.4 Å². The third kappa shape index (κ3) is 7.99. The van der Waals surface area contributed by atoms with Crippen molar-refractivity contribution in [2.75, 3.05) is 6.54 Å². The van der Waals surface area contributed by atoms with Gasteiger partial charge < -0.3 is 0 Å². The molecule has 1 nitrogen and oxygen atoms in total. The quantitative estimate of drug-likeness (QED) is 0.341. The number of rotatable bonds is 6. The van der Waals surface area contributed by atoms with Crippen molar-refractivity contribution in [3.63, 3.8) is 0 Å². The zero-order valence-electron chi connectivity index (χ0n) is 8.85. The molecule has 2 radical (unpaired) electrons. The highest BCUT2D eigenvalue weighted by Gasteiger charge is 1.95. The molecule has 0 N–H and O–H groups in total. The Kier molecular flexibility index (Phi) is 7.46. The summed E-state index contributed by atoms with van der Waals surface area (Å²) in [4.78, 5) is 4.52. The Morgan fingerprint density at radius 2 is 2.08 bits per heavy atom. The van der Waals surface area contributed by atoms with E-state index in [1.54, 1.807) is 0 Å². The highest BCUT2D eigenvalue weighted by molar-refractivity contribution is 6.33. The van der Waals surface area contributed by atoms with Gasteiger partial charge in [-0.25, -0.2) is 0 Å². The summed E-state index contributed by atoms with van der Waals surface area (Å²) < 4.78 is 0. The Morgan fingerprint density at radius 3 is 2.58 bits per heavy atom. The van der Waals surface area contributed by atoms with E-state index in [0.29, 0.717) is 0 Å². The van der Waals surface area contributed by atoms with Crippen LogP contribution in [0.2, 0.25) is 12.6 Å². The van der Waals surface area contributed by atoms with Crippen molar-refractivity contribution in [2.24, 2.45) is 10.9 Å². The van der Waals surface area contributed by atoms with E-state index in [2.05, 4.69) is 32.3 Å². The van der Waals surface area contributed by atoms with Gasteiger partial charge in [-0.05, 0) is 25.7 Å². The average Bonchev–Trinajstić information content (AvgIpc) is 1.97. The Balaban J connectivity index is 3.41. The van der Waals surface area contributed by atoms with Crippen molar-refractivity contribution in [3.05, 3.63) is 0 Å². The number of nitrogens with zero attached hydrogens (tertiary/aromatic N) is 1. The van der Waals surface area contributed by atoms with Crippen LogP contribution in [-0.2, 0) is 0 Å². The number of hydrogen-bond acceptors (Lipinski definition) is 1. The molecule has 0 fully saturated rings. The van der Waals surface area contributed by atoms with Gasteiger partial charge in [0.05, 0.1) is 0 Å². The second kappa shape index (κ2) is 7.53. The van der Waals surface area contributed by atoms with Gasteiger partial charge in [-0.2, -0.15) is 0 Å². The van der Waals surface area contributed by atoms with E-state index in [4.69, 9.17) is 0 Å². The van der Waals surface area contributed by atoms with E-state index in [1.165, 1.54) is 18.2 Å². The Bertz CT molecular complexity index is 130. The van der Waals surface area contributed by atoms with Crippen molar-refractivity contribution in [1.82, 2.24) is 0 Å². The molecule has 0 amide bonds. The fraction of sp³-hybridized carbons (Fsp3) is 0.900. The van der Waals surface area contributed by atoms with Crippen LogP contribution < -0.4 is 0 Å². The predicted molar refractivity (Wildman–Crippen MR) is 58.5 cm³/mol. The van der Waals surface area contributed by atoms with Crippen LogP contribution in [0.3, 0.4) is 0 Å². The molecular weight excluding hydrogens is 162 g/mol. The van der Waals surface area contributed by atoms with E-state index in [1.807, 2.05) is 0 Å². The van der Waals surface area contributed by atoms with Crippen molar-refractivity contribution >= 4 is 15.2 Å². The van der Waals surface area contributed by atoms with Crippen LogP contribution in [0.5, 0.6) is 0 Å². The van der Waals surface area contributed by atoms with E-state index in [9.17, 15) is 0 Å². The fourth-order valence-electron chi connectivity index (χ4n) is 1.18. The first kappa shape index (κ1) is 11.9. The molecule has 0 aliphatic rings. The van der Waals surface area contributed by atoms with Crippen molar-refractivity contribution in [2.45, 2.75) is 46.2 Å². The van der Waals surface area contributed by atoms with Gasteiger partial charge in [0.2, 0.25) is 0 Å². The second-order valence-electron chi connectivity index (χ2n) is 3.67. The van der Waals surface area contributed by atoms with Gasteiger partial charge >= 0.3 is 0 Å². The average molecular weight is 183 g/mol. The summed E-state index contributed by atoms with van der Waals surface area (Å²) >= 11 is 0. The van der Waals surface area contributed by atoms with Crippen LogP contribution in [0.15, 0.2) is 4.99 Å². The van der Waals surface area contributed by atoms with Crippen molar-refractivity contribution in [1.29, 1.82) is 0 Å². The van der Waals surface area contributed by atoms with Gasteiger partial charge in [0, 0.05) is 21.8 Å². The molecule has 0 aromatic carbocycles. The summed E-state index contributed by atoms with van der Waals surface area (Å²) in [6.45, 7) is 9.93. The summed E-state index contributed by atoms with van der Waals surface area (Å²) in [7, 11) is 1.09. The molecule has 0 saturated heterocycles. The Hall–Kier alpha value is -0.113. The normalized spacial score (nSPS) is 12.6. The molecule has 0 aliphatic carbocycles. The molecule has 0 bridgehead atoms. The fourth-order valence-corrected chi connectivity index (χ4v) is 1.69. The van der Waals surface area contributed by atoms with Gasteiger partial charge in [-0.15, -0.1) is 0 Å². The number of aliphatic imine (C=N–C) groups is 1. The van der Waals surface area contributed by atoms with E-state index < -0.39 is 0 Å². The summed E-state index contributed by atoms with van der Waals surface area (Å²) in [5.74, 6) is 0.752. The minimum Gasteiger partial charge on any atom is -0.294 e. The standard InChI is InChI=1S/C10H21NSi/c1-9(2)8-10(3)11-6-5-7-12-4/h9H,5-8H2,1-4H3. The molecule has 0 atom stereocenters. The maximum atomic E-state index is 4.52. The highest BCUT2D eigenvalue weighted by atomic mass is 28.2. The van der Waals surface area contributed by atoms with Gasteiger partial charge in [0.15, 0.2) is 0 Å². The van der Waals surface area contributed by atoms with Gasteiger partial charge in [0.25, 0.3) is 0 Å². The lowest BCUT2D eigenvalue weighted by Gasteiger charge is -2.03. The lowest BCUT2D eigenvalue weighted by atomic mass is 10.1. The minimum atomic E-state index is 0.752. The molecular formula is C10H21NSi. The predicted octanol–water partition coefficient (Wildman–Crippen LogP) is 3.05. The summed E-state index contributed by atoms with van der Waals surface area (Å²) in [6, 6.07) is 1.35. The van der Waals surface area contributed by atoms with Gasteiger partial charge in [-0.3, -0.25) is 4.99 Å². The SMILES string of the molecule is C[Si]CCCN=C(C)CC(C)C. The monoisotopic (exact) mass is 183 g/mol. The van der Waals surface area contributed by atoms with Crippen LogP contribution in [0.1, 0.15) is 33.6 Å². The third-order valence-electron chi connectivity index (χ3n) is 1.67. The maximum Gasteiger partial charge on any atom is 0.0385 e. The van der Waals surface area contributed by atoms with Gasteiger partial charge in [-0.1, -0.05) is 26.4 Å². The molecule has 0 spiro atoms. The van der Waals surface area contributed by atoms with Crippen molar-refractivity contribution < 1.29 is 0 Å². The minimum absolute atomic E-state index is 0.752. The van der Waals surface area contributed by atoms with E-state index >= 15 is 0 Å². The summed E-state index contributed by atoms with van der Waals surface area (Å²) in [5, 5.41) is 0. The summed E-state index contributed by atoms with van der Waals surface area (Å²) in [5.41, 5.74) is 1.32. The van der Waals surface area contributed by atoms with E-state index in [-0.39, 0.29) is 0 Å². The molecule has 0 aromatic heterocycles. The molecule has 0 heterocycles. The molecule has 0 rings (SSSR count). The zero-order chi connectivity index (χ0) is 9.40. The molecule has 0 aromatic rings. The van der Waals surface area contributed by atoms with Gasteiger partial charge in [0.1, 0.15) is 0 Å². The first-order valence-electron chi connectivity index (χ1n) is 4.81.